The quantitative estimate of drug-likeness (QED) is 0.785. The Bertz CT molecular complexity index is 706. The Morgan fingerprint density at radius 1 is 1.18 bits per heavy atom. The van der Waals surface area contributed by atoms with Crippen LogP contribution in [0.2, 0.25) is 0 Å². The molecule has 0 amide bonds. The molecule has 116 valence electrons. The number of benzene rings is 1. The van der Waals surface area contributed by atoms with E-state index in [0.29, 0.717) is 5.92 Å². The molecule has 4 nitrogen and oxygen atoms in total. The average molecular weight is 363 g/mol. The molecule has 5 atom stereocenters. The molecule has 0 spiro atoms. The van der Waals surface area contributed by atoms with E-state index in [4.69, 9.17) is 0 Å². The van der Waals surface area contributed by atoms with E-state index in [1.54, 1.807) is 0 Å². The normalized spacial score (nSPS) is 33.5. The van der Waals surface area contributed by atoms with Gasteiger partial charge in [-0.15, -0.1) is 0 Å². The average Bonchev–Trinajstić information content (AvgIpc) is 3.06. The maximum atomic E-state index is 10.1. The molecule has 1 aromatic heterocycles. The first-order valence-electron chi connectivity index (χ1n) is 7.78. The lowest BCUT2D eigenvalue weighted by molar-refractivity contribution is -0.0317. The summed E-state index contributed by atoms with van der Waals surface area (Å²) in [6.45, 7) is 0.830. The highest BCUT2D eigenvalue weighted by atomic mass is 79.9. The van der Waals surface area contributed by atoms with Gasteiger partial charge >= 0.3 is 0 Å². The molecule has 0 saturated heterocycles. The van der Waals surface area contributed by atoms with Crippen LogP contribution >= 0.6 is 15.9 Å². The number of halogens is 1. The number of hydrogen-bond donors (Lipinski definition) is 3. The minimum Gasteiger partial charge on any atom is -0.390 e. The number of hydrogen-bond acceptors (Lipinski definition) is 4. The number of nitrogens with zero attached hydrogens (tertiary/aromatic N) is 1. The predicted molar refractivity (Wildman–Crippen MR) is 89.7 cm³/mol. The van der Waals surface area contributed by atoms with E-state index in [-0.39, 0.29) is 11.8 Å². The molecular weight excluding hydrogens is 344 g/mol. The highest BCUT2D eigenvalue weighted by molar-refractivity contribution is 9.10. The van der Waals surface area contributed by atoms with Crippen molar-refractivity contribution in [2.24, 2.45) is 17.8 Å². The van der Waals surface area contributed by atoms with Gasteiger partial charge in [0, 0.05) is 28.3 Å². The van der Waals surface area contributed by atoms with Crippen LogP contribution in [0.3, 0.4) is 0 Å². The number of nitrogens with one attached hydrogen (secondary N) is 1. The second kappa shape index (κ2) is 5.48. The van der Waals surface area contributed by atoms with Crippen molar-refractivity contribution in [3.05, 3.63) is 34.9 Å². The Hall–Kier alpha value is -1.17. The van der Waals surface area contributed by atoms with Crippen LogP contribution in [0.1, 0.15) is 12.8 Å². The molecule has 2 bridgehead atoms. The Morgan fingerprint density at radius 3 is 2.82 bits per heavy atom. The van der Waals surface area contributed by atoms with Crippen LogP contribution in [0, 0.1) is 17.8 Å². The van der Waals surface area contributed by atoms with Crippen LogP contribution in [0.25, 0.3) is 10.9 Å². The summed E-state index contributed by atoms with van der Waals surface area (Å²) >= 11 is 3.54. The first-order chi connectivity index (χ1) is 10.6. The zero-order valence-electron chi connectivity index (χ0n) is 12.1. The van der Waals surface area contributed by atoms with E-state index in [1.807, 2.05) is 24.4 Å². The van der Waals surface area contributed by atoms with Crippen molar-refractivity contribution in [1.82, 2.24) is 4.98 Å². The van der Waals surface area contributed by atoms with Gasteiger partial charge < -0.3 is 15.5 Å². The van der Waals surface area contributed by atoms with Gasteiger partial charge in [0.25, 0.3) is 0 Å². The standard InChI is InChI=1S/C17H19BrN2O2/c18-13-3-1-2-11-14(4-5-19-15(11)13)20-8-10-6-9-7-12(10)17(22)16(9)21/h1-5,9-10,12,16-17,21-22H,6-8H2,(H,19,20)/t9-,10-,12-,16+,17-/m1/s1. The highest BCUT2D eigenvalue weighted by Crippen LogP contribution is 2.48. The van der Waals surface area contributed by atoms with Gasteiger partial charge in [-0.1, -0.05) is 12.1 Å². The Balaban J connectivity index is 1.53. The van der Waals surface area contributed by atoms with E-state index < -0.39 is 12.2 Å². The van der Waals surface area contributed by atoms with Crippen molar-refractivity contribution in [2.75, 3.05) is 11.9 Å². The van der Waals surface area contributed by atoms with Crippen LogP contribution in [-0.4, -0.2) is 33.9 Å². The summed E-state index contributed by atoms with van der Waals surface area (Å²) in [7, 11) is 0. The van der Waals surface area contributed by atoms with Gasteiger partial charge in [0.15, 0.2) is 0 Å². The van der Waals surface area contributed by atoms with Gasteiger partial charge in [-0.2, -0.15) is 0 Å². The minimum atomic E-state index is -0.547. The fourth-order valence-corrected chi connectivity index (χ4v) is 4.67. The van der Waals surface area contributed by atoms with Crippen LogP contribution in [-0.2, 0) is 0 Å². The maximum Gasteiger partial charge on any atom is 0.0864 e. The Morgan fingerprint density at radius 2 is 2.05 bits per heavy atom. The first-order valence-corrected chi connectivity index (χ1v) is 8.57. The van der Waals surface area contributed by atoms with Gasteiger partial charge in [0.2, 0.25) is 0 Å². The lowest BCUT2D eigenvalue weighted by atomic mass is 9.85. The monoisotopic (exact) mass is 362 g/mol. The Kier molecular flexibility index (Phi) is 3.59. The molecule has 2 aromatic rings. The van der Waals surface area contributed by atoms with E-state index in [9.17, 15) is 10.2 Å². The first kappa shape index (κ1) is 14.4. The van der Waals surface area contributed by atoms with E-state index in [2.05, 4.69) is 32.3 Å². The number of fused-ring (bicyclic) bond motifs is 3. The molecule has 3 N–H and O–H groups in total. The molecule has 5 heteroatoms. The van der Waals surface area contributed by atoms with Crippen molar-refractivity contribution < 1.29 is 10.2 Å². The van der Waals surface area contributed by atoms with Crippen molar-refractivity contribution in [3.8, 4) is 0 Å². The van der Waals surface area contributed by atoms with Gasteiger partial charge in [-0.05, 0) is 58.7 Å². The summed E-state index contributed by atoms with van der Waals surface area (Å²) < 4.78 is 0.993. The van der Waals surface area contributed by atoms with Gasteiger partial charge in [0.05, 0.1) is 17.7 Å². The zero-order valence-corrected chi connectivity index (χ0v) is 13.7. The topological polar surface area (TPSA) is 65.4 Å². The molecular formula is C17H19BrN2O2. The van der Waals surface area contributed by atoms with E-state index in [1.165, 1.54) is 0 Å². The molecule has 2 aliphatic carbocycles. The van der Waals surface area contributed by atoms with Crippen LogP contribution in [0.15, 0.2) is 34.9 Å². The van der Waals surface area contributed by atoms with Crippen LogP contribution in [0.4, 0.5) is 5.69 Å². The summed E-state index contributed by atoms with van der Waals surface area (Å²) in [5, 5.41) is 24.6. The van der Waals surface area contributed by atoms with Crippen LogP contribution < -0.4 is 5.32 Å². The number of pyridine rings is 1. The molecule has 2 aliphatic rings. The number of anilines is 1. The van der Waals surface area contributed by atoms with Crippen molar-refractivity contribution in [3.63, 3.8) is 0 Å². The van der Waals surface area contributed by atoms with E-state index >= 15 is 0 Å². The molecule has 2 saturated carbocycles. The third kappa shape index (κ3) is 2.23. The molecule has 2 fully saturated rings. The third-order valence-electron chi connectivity index (χ3n) is 5.33. The second-order valence-corrected chi connectivity index (χ2v) is 7.37. The third-order valence-corrected chi connectivity index (χ3v) is 5.97. The van der Waals surface area contributed by atoms with Crippen LogP contribution in [0.5, 0.6) is 0 Å². The summed E-state index contributed by atoms with van der Waals surface area (Å²) in [6, 6.07) is 8.06. The number of para-hydroxylation sites is 1. The predicted octanol–water partition coefficient (Wildman–Crippen LogP) is 2.79. The largest absolute Gasteiger partial charge is 0.390 e. The fourth-order valence-electron chi connectivity index (χ4n) is 4.20. The molecule has 4 rings (SSSR count). The zero-order chi connectivity index (χ0) is 15.3. The Labute approximate surface area is 137 Å². The summed E-state index contributed by atoms with van der Waals surface area (Å²) in [5.41, 5.74) is 2.03. The molecule has 22 heavy (non-hydrogen) atoms. The number of aliphatic hydroxyl groups is 2. The molecule has 1 aromatic carbocycles. The number of aromatic nitrogens is 1. The van der Waals surface area contributed by atoms with Gasteiger partial charge in [0.1, 0.15) is 0 Å². The number of rotatable bonds is 3. The lowest BCUT2D eigenvalue weighted by Gasteiger charge is -2.30. The summed E-state index contributed by atoms with van der Waals surface area (Å²) in [4.78, 5) is 4.42. The van der Waals surface area contributed by atoms with Gasteiger partial charge in [-0.3, -0.25) is 4.98 Å². The molecule has 0 radical (unpaired) electrons. The summed E-state index contributed by atoms with van der Waals surface area (Å²) in [5.74, 6) is 0.932. The lowest BCUT2D eigenvalue weighted by Crippen LogP contribution is -2.38. The summed E-state index contributed by atoms with van der Waals surface area (Å²) in [6.07, 6.45) is 2.71. The molecule has 1 heterocycles. The van der Waals surface area contributed by atoms with Gasteiger partial charge in [-0.25, -0.2) is 0 Å². The van der Waals surface area contributed by atoms with Crippen molar-refractivity contribution in [2.45, 2.75) is 25.0 Å². The fraction of sp³-hybridized carbons (Fsp3) is 0.471. The smallest absolute Gasteiger partial charge is 0.0864 e. The molecule has 0 aliphatic heterocycles. The van der Waals surface area contributed by atoms with E-state index in [0.717, 1.165) is 40.4 Å². The number of aliphatic hydroxyl groups excluding tert-OH is 2. The maximum absolute atomic E-state index is 10.1. The SMILES string of the molecule is O[C@H]1[C@@H]2C[C@H](CNc3ccnc4c(Br)cccc34)[C@@H](C2)[C@H]1O. The highest BCUT2D eigenvalue weighted by Gasteiger charge is 2.51. The molecule has 0 unspecified atom stereocenters. The second-order valence-electron chi connectivity index (χ2n) is 6.51. The van der Waals surface area contributed by atoms with Crippen molar-refractivity contribution in [1.29, 1.82) is 0 Å². The van der Waals surface area contributed by atoms with Crippen molar-refractivity contribution >= 4 is 32.5 Å². The minimum absolute atomic E-state index is 0.229.